The number of aromatic nitrogens is 2. The molecule has 0 radical (unpaired) electrons. The fourth-order valence-electron chi connectivity index (χ4n) is 1.84. The van der Waals surface area contributed by atoms with E-state index in [4.69, 9.17) is 4.74 Å². The number of rotatable bonds is 5. The molecule has 0 unspecified atom stereocenters. The first-order valence-corrected chi connectivity index (χ1v) is 6.04. The third-order valence-electron chi connectivity index (χ3n) is 2.78. The molecule has 0 fully saturated rings. The highest BCUT2D eigenvalue weighted by atomic mass is 16.5. The summed E-state index contributed by atoms with van der Waals surface area (Å²) in [7, 11) is 1.90. The van der Waals surface area contributed by atoms with Gasteiger partial charge in [0.1, 0.15) is 5.75 Å². The second-order valence-electron chi connectivity index (χ2n) is 4.33. The number of benzene rings is 1. The van der Waals surface area contributed by atoms with Crippen LogP contribution < -0.4 is 4.74 Å². The van der Waals surface area contributed by atoms with Gasteiger partial charge in [-0.1, -0.05) is 18.2 Å². The van der Waals surface area contributed by atoms with E-state index in [9.17, 15) is 5.11 Å². The first-order valence-electron chi connectivity index (χ1n) is 6.04. The van der Waals surface area contributed by atoms with Gasteiger partial charge in [-0.15, -0.1) is 0 Å². The Morgan fingerprint density at radius 2 is 2.17 bits per heavy atom. The minimum absolute atomic E-state index is 0.514. The van der Waals surface area contributed by atoms with Crippen molar-refractivity contribution in [3.05, 3.63) is 47.8 Å². The summed E-state index contributed by atoms with van der Waals surface area (Å²) >= 11 is 0. The molecule has 0 aliphatic rings. The second kappa shape index (κ2) is 5.69. The van der Waals surface area contributed by atoms with Crippen molar-refractivity contribution in [3.63, 3.8) is 0 Å². The molecule has 1 N–H and O–H groups in total. The minimum atomic E-state index is -0.514. The summed E-state index contributed by atoms with van der Waals surface area (Å²) in [6.45, 7) is 2.32. The maximum absolute atomic E-state index is 9.63. The summed E-state index contributed by atoms with van der Waals surface area (Å²) in [6.07, 6.45) is 4.11. The molecule has 0 aliphatic carbocycles. The Labute approximate surface area is 107 Å². The maximum Gasteiger partial charge on any atom is 0.125 e. The SMILES string of the molecule is C[C@H](O)c1ccccc1OCCc1cnn(C)c1. The molecule has 4 heteroatoms. The smallest absolute Gasteiger partial charge is 0.125 e. The Balaban J connectivity index is 1.94. The Morgan fingerprint density at radius 3 is 2.83 bits per heavy atom. The van der Waals surface area contributed by atoms with Crippen molar-refractivity contribution in [1.82, 2.24) is 9.78 Å². The van der Waals surface area contributed by atoms with Gasteiger partial charge >= 0.3 is 0 Å². The van der Waals surface area contributed by atoms with Gasteiger partial charge in [-0.05, 0) is 18.6 Å². The zero-order chi connectivity index (χ0) is 13.0. The zero-order valence-electron chi connectivity index (χ0n) is 10.7. The average molecular weight is 246 g/mol. The number of hydrogen-bond donors (Lipinski definition) is 1. The Kier molecular flexibility index (Phi) is 3.99. The zero-order valence-corrected chi connectivity index (χ0v) is 10.7. The lowest BCUT2D eigenvalue weighted by Gasteiger charge is -2.12. The first kappa shape index (κ1) is 12.6. The van der Waals surface area contributed by atoms with Gasteiger partial charge in [0.15, 0.2) is 0 Å². The molecule has 0 aliphatic heterocycles. The molecule has 2 rings (SSSR count). The highest BCUT2D eigenvalue weighted by Crippen LogP contribution is 2.24. The van der Waals surface area contributed by atoms with Gasteiger partial charge in [0.05, 0.1) is 18.9 Å². The monoisotopic (exact) mass is 246 g/mol. The maximum atomic E-state index is 9.63. The Hall–Kier alpha value is -1.81. The normalized spacial score (nSPS) is 12.4. The number of aliphatic hydroxyl groups excluding tert-OH is 1. The molecule has 4 nitrogen and oxygen atoms in total. The van der Waals surface area contributed by atoms with Gasteiger partial charge in [-0.2, -0.15) is 5.10 Å². The van der Waals surface area contributed by atoms with Crippen LogP contribution >= 0.6 is 0 Å². The van der Waals surface area contributed by atoms with Crippen LogP contribution in [0.15, 0.2) is 36.7 Å². The molecule has 0 saturated heterocycles. The van der Waals surface area contributed by atoms with Gasteiger partial charge in [0, 0.05) is 25.2 Å². The molecule has 18 heavy (non-hydrogen) atoms. The van der Waals surface area contributed by atoms with Gasteiger partial charge < -0.3 is 9.84 Å². The van der Waals surface area contributed by atoms with Crippen molar-refractivity contribution in [3.8, 4) is 5.75 Å². The van der Waals surface area contributed by atoms with Crippen molar-refractivity contribution in [1.29, 1.82) is 0 Å². The van der Waals surface area contributed by atoms with Crippen molar-refractivity contribution >= 4 is 0 Å². The summed E-state index contributed by atoms with van der Waals surface area (Å²) in [5.74, 6) is 0.747. The van der Waals surface area contributed by atoms with Crippen LogP contribution in [0.3, 0.4) is 0 Å². The highest BCUT2D eigenvalue weighted by molar-refractivity contribution is 5.34. The van der Waals surface area contributed by atoms with E-state index in [1.54, 1.807) is 11.6 Å². The number of ether oxygens (including phenoxy) is 1. The van der Waals surface area contributed by atoms with Crippen LogP contribution in [0.2, 0.25) is 0 Å². The summed E-state index contributed by atoms with van der Waals surface area (Å²) in [5.41, 5.74) is 1.97. The molecule has 1 aromatic carbocycles. The molecular weight excluding hydrogens is 228 g/mol. The molecule has 0 bridgehead atoms. The molecule has 0 amide bonds. The van der Waals surface area contributed by atoms with Crippen molar-refractivity contribution < 1.29 is 9.84 Å². The Bertz CT molecular complexity index is 506. The molecule has 1 heterocycles. The lowest BCUT2D eigenvalue weighted by Crippen LogP contribution is -2.04. The lowest BCUT2D eigenvalue weighted by molar-refractivity contribution is 0.191. The Morgan fingerprint density at radius 1 is 1.39 bits per heavy atom. The summed E-state index contributed by atoms with van der Waals surface area (Å²) in [5, 5.41) is 13.7. The lowest BCUT2D eigenvalue weighted by atomic mass is 10.1. The third kappa shape index (κ3) is 3.11. The largest absolute Gasteiger partial charge is 0.493 e. The third-order valence-corrected chi connectivity index (χ3v) is 2.78. The summed E-state index contributed by atoms with van der Waals surface area (Å²) in [6, 6.07) is 7.57. The van der Waals surface area contributed by atoms with E-state index in [2.05, 4.69) is 5.10 Å². The molecule has 2 aromatic rings. The quantitative estimate of drug-likeness (QED) is 0.878. The molecular formula is C14H18N2O2. The van der Waals surface area contributed by atoms with Crippen LogP contribution in [-0.4, -0.2) is 21.5 Å². The van der Waals surface area contributed by atoms with Crippen molar-refractivity contribution in [2.45, 2.75) is 19.4 Å². The van der Waals surface area contributed by atoms with E-state index in [1.165, 1.54) is 0 Å². The van der Waals surface area contributed by atoms with Crippen molar-refractivity contribution in [2.75, 3.05) is 6.61 Å². The van der Waals surface area contributed by atoms with Crippen LogP contribution in [0.4, 0.5) is 0 Å². The van der Waals surface area contributed by atoms with Crippen LogP contribution in [-0.2, 0) is 13.5 Å². The predicted octanol–water partition coefficient (Wildman–Crippen LogP) is 2.09. The van der Waals surface area contributed by atoms with E-state index in [-0.39, 0.29) is 0 Å². The highest BCUT2D eigenvalue weighted by Gasteiger charge is 2.08. The van der Waals surface area contributed by atoms with E-state index in [0.29, 0.717) is 6.61 Å². The van der Waals surface area contributed by atoms with Gasteiger partial charge in [0.2, 0.25) is 0 Å². The van der Waals surface area contributed by atoms with E-state index in [1.807, 2.05) is 43.7 Å². The van der Waals surface area contributed by atoms with Crippen LogP contribution in [0, 0.1) is 0 Å². The summed E-state index contributed by atoms with van der Waals surface area (Å²) < 4.78 is 7.49. The van der Waals surface area contributed by atoms with E-state index < -0.39 is 6.10 Å². The van der Waals surface area contributed by atoms with Crippen LogP contribution in [0.5, 0.6) is 5.75 Å². The molecule has 0 spiro atoms. The number of para-hydroxylation sites is 1. The van der Waals surface area contributed by atoms with Crippen molar-refractivity contribution in [2.24, 2.45) is 7.05 Å². The number of aliphatic hydroxyl groups is 1. The summed E-state index contributed by atoms with van der Waals surface area (Å²) in [4.78, 5) is 0. The number of aryl methyl sites for hydroxylation is 1. The molecule has 1 atom stereocenters. The number of nitrogens with zero attached hydrogens (tertiary/aromatic N) is 2. The first-order chi connectivity index (χ1) is 8.66. The minimum Gasteiger partial charge on any atom is -0.493 e. The number of hydrogen-bond acceptors (Lipinski definition) is 3. The topological polar surface area (TPSA) is 47.3 Å². The predicted molar refractivity (Wildman–Crippen MR) is 69.5 cm³/mol. The molecule has 1 aromatic heterocycles. The van der Waals surface area contributed by atoms with Gasteiger partial charge in [-0.25, -0.2) is 0 Å². The van der Waals surface area contributed by atoms with Crippen LogP contribution in [0.25, 0.3) is 0 Å². The second-order valence-corrected chi connectivity index (χ2v) is 4.33. The molecule has 96 valence electrons. The fraction of sp³-hybridized carbons (Fsp3) is 0.357. The van der Waals surface area contributed by atoms with Gasteiger partial charge in [0.25, 0.3) is 0 Å². The van der Waals surface area contributed by atoms with Gasteiger partial charge in [-0.3, -0.25) is 4.68 Å². The average Bonchev–Trinajstić information content (AvgIpc) is 2.75. The van der Waals surface area contributed by atoms with E-state index >= 15 is 0 Å². The standard InChI is InChI=1S/C14H18N2O2/c1-11(17)13-5-3-4-6-14(13)18-8-7-12-9-15-16(2)10-12/h3-6,9-11,17H,7-8H2,1-2H3/t11-/m0/s1. The van der Waals surface area contributed by atoms with E-state index in [0.717, 1.165) is 23.3 Å². The fourth-order valence-corrected chi connectivity index (χ4v) is 1.84. The molecule has 0 saturated carbocycles. The van der Waals surface area contributed by atoms with Crippen LogP contribution in [0.1, 0.15) is 24.2 Å².